The molecule has 0 spiro atoms. The minimum atomic E-state index is 0.0139. The Labute approximate surface area is 201 Å². The molecule has 1 amide bonds. The summed E-state index contributed by atoms with van der Waals surface area (Å²) in [6.45, 7) is 2.98. The number of nitrogens with zero attached hydrogens (tertiary/aromatic N) is 7. The molecule has 0 bridgehead atoms. The molecule has 9 heteroatoms. The zero-order valence-electron chi connectivity index (χ0n) is 19.0. The highest BCUT2D eigenvalue weighted by Gasteiger charge is 2.25. The second kappa shape index (κ2) is 9.02. The van der Waals surface area contributed by atoms with Crippen LogP contribution in [0.25, 0.3) is 16.7 Å². The molecule has 1 aliphatic rings. The third kappa shape index (κ3) is 4.12. The van der Waals surface area contributed by atoms with Gasteiger partial charge in [-0.3, -0.25) is 4.79 Å². The number of aromatic nitrogens is 5. The van der Waals surface area contributed by atoms with Crippen LogP contribution in [0.4, 0.5) is 5.82 Å². The maximum absolute atomic E-state index is 13.1. The first-order valence-corrected chi connectivity index (χ1v) is 11.5. The average Bonchev–Trinajstić information content (AvgIpc) is 3.43. The number of para-hydroxylation sites is 2. The Bertz CT molecular complexity index is 1480. The van der Waals surface area contributed by atoms with Gasteiger partial charge in [0.05, 0.1) is 11.0 Å². The van der Waals surface area contributed by atoms with Gasteiger partial charge >= 0.3 is 0 Å². The lowest BCUT2D eigenvalue weighted by atomic mass is 10.1. The van der Waals surface area contributed by atoms with Crippen LogP contribution < -0.4 is 9.64 Å². The topological polar surface area (TPSA) is 88.8 Å². The molecule has 6 rings (SSSR count). The smallest absolute Gasteiger partial charge is 0.253 e. The highest BCUT2D eigenvalue weighted by molar-refractivity contribution is 5.94. The van der Waals surface area contributed by atoms with Crippen molar-refractivity contribution in [2.45, 2.75) is 6.61 Å². The van der Waals surface area contributed by atoms with E-state index >= 15 is 0 Å². The predicted molar refractivity (Wildman–Crippen MR) is 131 cm³/mol. The van der Waals surface area contributed by atoms with E-state index in [1.165, 1.54) is 0 Å². The van der Waals surface area contributed by atoms with Gasteiger partial charge in [-0.25, -0.2) is 4.98 Å². The summed E-state index contributed by atoms with van der Waals surface area (Å²) in [6, 6.07) is 25.1. The van der Waals surface area contributed by atoms with Crippen LogP contribution >= 0.6 is 0 Å². The molecule has 5 aromatic rings. The molecular formula is C26H23N7O2. The van der Waals surface area contributed by atoms with E-state index < -0.39 is 0 Å². The molecule has 0 unspecified atom stereocenters. The Morgan fingerprint density at radius 2 is 1.60 bits per heavy atom. The number of benzene rings is 3. The SMILES string of the molecule is O=C(c1ccc(OCc2ccccc2)cc1)N1CCN(c2nc3ccccc3n3nnnc23)CC1. The van der Waals surface area contributed by atoms with E-state index in [2.05, 4.69) is 20.4 Å². The first-order chi connectivity index (χ1) is 17.3. The van der Waals surface area contributed by atoms with Crippen LogP contribution in [0.2, 0.25) is 0 Å². The third-order valence-electron chi connectivity index (χ3n) is 6.22. The van der Waals surface area contributed by atoms with Gasteiger partial charge < -0.3 is 14.5 Å². The molecular weight excluding hydrogens is 442 g/mol. The normalized spacial score (nSPS) is 13.9. The summed E-state index contributed by atoms with van der Waals surface area (Å²) in [4.78, 5) is 21.9. The summed E-state index contributed by atoms with van der Waals surface area (Å²) in [7, 11) is 0. The van der Waals surface area contributed by atoms with Gasteiger partial charge in [0, 0.05) is 31.7 Å². The fourth-order valence-corrected chi connectivity index (χ4v) is 4.34. The molecule has 9 nitrogen and oxygen atoms in total. The van der Waals surface area contributed by atoms with Crippen LogP contribution in [0.1, 0.15) is 15.9 Å². The van der Waals surface area contributed by atoms with Gasteiger partial charge in [-0.2, -0.15) is 4.52 Å². The molecule has 3 heterocycles. The number of fused-ring (bicyclic) bond motifs is 3. The summed E-state index contributed by atoms with van der Waals surface area (Å²) >= 11 is 0. The molecule has 35 heavy (non-hydrogen) atoms. The number of carbonyl (C=O) groups is 1. The predicted octanol–water partition coefficient (Wildman–Crippen LogP) is 3.21. The van der Waals surface area contributed by atoms with E-state index in [0.717, 1.165) is 28.2 Å². The van der Waals surface area contributed by atoms with Gasteiger partial charge in [0.2, 0.25) is 5.65 Å². The van der Waals surface area contributed by atoms with E-state index in [9.17, 15) is 4.79 Å². The lowest BCUT2D eigenvalue weighted by Crippen LogP contribution is -2.49. The number of hydrogen-bond acceptors (Lipinski definition) is 7. The van der Waals surface area contributed by atoms with Gasteiger partial charge in [-0.05, 0) is 52.4 Å². The van der Waals surface area contributed by atoms with Crippen LogP contribution in [0.5, 0.6) is 5.75 Å². The van der Waals surface area contributed by atoms with Gasteiger partial charge in [-0.15, -0.1) is 5.10 Å². The number of anilines is 1. The molecule has 0 atom stereocenters. The molecule has 2 aromatic heterocycles. The molecule has 0 radical (unpaired) electrons. The van der Waals surface area contributed by atoms with Crippen LogP contribution in [0.15, 0.2) is 78.9 Å². The Balaban J connectivity index is 1.12. The van der Waals surface area contributed by atoms with E-state index in [1.807, 2.05) is 83.8 Å². The van der Waals surface area contributed by atoms with Crippen LogP contribution in [-0.2, 0) is 6.61 Å². The molecule has 0 aliphatic carbocycles. The summed E-state index contributed by atoms with van der Waals surface area (Å²) in [6.07, 6.45) is 0. The van der Waals surface area contributed by atoms with Crippen LogP contribution in [0.3, 0.4) is 0 Å². The van der Waals surface area contributed by atoms with Crippen LogP contribution in [-0.4, -0.2) is 62.0 Å². The molecule has 0 N–H and O–H groups in total. The van der Waals surface area contributed by atoms with Crippen molar-refractivity contribution in [1.29, 1.82) is 0 Å². The van der Waals surface area contributed by atoms with Gasteiger partial charge in [0.1, 0.15) is 12.4 Å². The summed E-state index contributed by atoms with van der Waals surface area (Å²) in [5, 5.41) is 12.2. The van der Waals surface area contributed by atoms with E-state index in [-0.39, 0.29) is 5.91 Å². The largest absolute Gasteiger partial charge is 0.489 e. The van der Waals surface area contributed by atoms with E-state index in [0.29, 0.717) is 44.0 Å². The number of rotatable bonds is 5. The molecule has 1 aliphatic heterocycles. The zero-order chi connectivity index (χ0) is 23.6. The lowest BCUT2D eigenvalue weighted by molar-refractivity contribution is 0.0746. The fraction of sp³-hybridized carbons (Fsp3) is 0.192. The monoisotopic (exact) mass is 465 g/mol. The zero-order valence-corrected chi connectivity index (χ0v) is 19.0. The maximum atomic E-state index is 13.1. The summed E-state index contributed by atoms with van der Waals surface area (Å²) in [5.74, 6) is 1.49. The molecule has 1 saturated heterocycles. The van der Waals surface area contributed by atoms with Crippen LogP contribution in [0, 0.1) is 0 Å². The number of amides is 1. The Morgan fingerprint density at radius 3 is 2.40 bits per heavy atom. The minimum absolute atomic E-state index is 0.0139. The number of hydrogen-bond donors (Lipinski definition) is 0. The number of carbonyl (C=O) groups excluding carboxylic acids is 1. The highest BCUT2D eigenvalue weighted by atomic mass is 16.5. The van der Waals surface area contributed by atoms with Crippen molar-refractivity contribution in [3.63, 3.8) is 0 Å². The molecule has 3 aromatic carbocycles. The second-order valence-corrected chi connectivity index (χ2v) is 8.42. The van der Waals surface area contributed by atoms with Crippen molar-refractivity contribution in [1.82, 2.24) is 29.9 Å². The highest BCUT2D eigenvalue weighted by Crippen LogP contribution is 2.24. The summed E-state index contributed by atoms with van der Waals surface area (Å²) in [5.41, 5.74) is 4.07. The number of ether oxygens (including phenoxy) is 1. The fourth-order valence-electron chi connectivity index (χ4n) is 4.34. The van der Waals surface area contributed by atoms with Gasteiger partial charge in [-0.1, -0.05) is 42.5 Å². The Hall–Kier alpha value is -4.53. The number of tetrazole rings is 1. The maximum Gasteiger partial charge on any atom is 0.253 e. The van der Waals surface area contributed by atoms with Crippen molar-refractivity contribution in [3.05, 3.63) is 90.0 Å². The van der Waals surface area contributed by atoms with E-state index in [4.69, 9.17) is 9.72 Å². The Kier molecular flexibility index (Phi) is 5.42. The summed E-state index contributed by atoms with van der Waals surface area (Å²) < 4.78 is 7.56. The lowest BCUT2D eigenvalue weighted by Gasteiger charge is -2.35. The van der Waals surface area contributed by atoms with Gasteiger partial charge in [0.15, 0.2) is 5.82 Å². The molecule has 1 fully saturated rings. The molecule has 174 valence electrons. The first-order valence-electron chi connectivity index (χ1n) is 11.5. The second-order valence-electron chi connectivity index (χ2n) is 8.42. The van der Waals surface area contributed by atoms with Crippen molar-refractivity contribution in [2.75, 3.05) is 31.1 Å². The van der Waals surface area contributed by atoms with Crippen molar-refractivity contribution < 1.29 is 9.53 Å². The standard InChI is InChI=1S/C26H23N7O2/c34-26(20-10-12-21(13-11-20)35-18-19-6-2-1-3-7-19)32-16-14-31(15-17-32)24-25-28-29-30-33(25)23-9-5-4-8-22(23)27-24/h1-13H,14-18H2. The molecule has 0 saturated carbocycles. The Morgan fingerprint density at radius 1 is 0.857 bits per heavy atom. The van der Waals surface area contributed by atoms with Crippen molar-refractivity contribution >= 4 is 28.4 Å². The number of piperazine rings is 1. The quantitative estimate of drug-likeness (QED) is 0.394. The average molecular weight is 466 g/mol. The minimum Gasteiger partial charge on any atom is -0.489 e. The van der Waals surface area contributed by atoms with Gasteiger partial charge in [0.25, 0.3) is 5.91 Å². The van der Waals surface area contributed by atoms with Crippen molar-refractivity contribution in [3.8, 4) is 5.75 Å². The van der Waals surface area contributed by atoms with E-state index in [1.54, 1.807) is 4.52 Å². The first kappa shape index (κ1) is 21.0. The van der Waals surface area contributed by atoms with Crippen molar-refractivity contribution in [2.24, 2.45) is 0 Å². The third-order valence-corrected chi connectivity index (χ3v) is 6.22.